The van der Waals surface area contributed by atoms with Crippen LogP contribution >= 0.6 is 0 Å². The highest BCUT2D eigenvalue weighted by molar-refractivity contribution is 7.93. The number of nitrogens with one attached hydrogen (secondary N) is 2. The van der Waals surface area contributed by atoms with E-state index in [1.807, 2.05) is 17.0 Å². The second kappa shape index (κ2) is 12.4. The number of anilines is 4. The molecular weight excluding hydrogens is 617 g/mol. The van der Waals surface area contributed by atoms with Gasteiger partial charge in [0.15, 0.2) is 0 Å². The topological polar surface area (TPSA) is 134 Å². The number of fused-ring (bicyclic) bond motifs is 1. The molecule has 0 unspecified atom stereocenters. The van der Waals surface area contributed by atoms with Crippen molar-refractivity contribution in [3.63, 3.8) is 0 Å². The van der Waals surface area contributed by atoms with Crippen molar-refractivity contribution in [2.24, 2.45) is 0 Å². The van der Waals surface area contributed by atoms with E-state index in [2.05, 4.69) is 10.0 Å². The Kier molecular flexibility index (Phi) is 8.40. The lowest BCUT2D eigenvalue weighted by Crippen LogP contribution is -2.37. The van der Waals surface area contributed by atoms with Crippen molar-refractivity contribution in [2.75, 3.05) is 59.2 Å². The smallest absolute Gasteiger partial charge is 0.264 e. The molecule has 4 aromatic rings. The summed E-state index contributed by atoms with van der Waals surface area (Å²) in [4.78, 5) is 15.3. The second-order valence-corrected chi connectivity index (χ2v) is 14.1. The van der Waals surface area contributed by atoms with E-state index in [4.69, 9.17) is 9.47 Å². The van der Waals surface area contributed by atoms with Gasteiger partial charge in [-0.25, -0.2) is 16.8 Å². The van der Waals surface area contributed by atoms with Gasteiger partial charge in [0.05, 0.1) is 36.6 Å². The normalized spacial score (nSPS) is 15.0. The van der Waals surface area contributed by atoms with Crippen LogP contribution in [0.3, 0.4) is 0 Å². The summed E-state index contributed by atoms with van der Waals surface area (Å²) in [6.07, 6.45) is 0.606. The van der Waals surface area contributed by atoms with Crippen LogP contribution < -0.4 is 24.0 Å². The molecule has 0 bridgehead atoms. The van der Waals surface area contributed by atoms with Crippen molar-refractivity contribution in [1.29, 1.82) is 0 Å². The Morgan fingerprint density at radius 3 is 2.29 bits per heavy atom. The number of benzene rings is 4. The highest BCUT2D eigenvalue weighted by Gasteiger charge is 2.31. The van der Waals surface area contributed by atoms with Crippen LogP contribution in [0, 0.1) is 0 Å². The van der Waals surface area contributed by atoms with Crippen LogP contribution in [0.1, 0.15) is 15.9 Å². The molecule has 0 saturated carbocycles. The monoisotopic (exact) mass is 648 g/mol. The number of sulfonamides is 2. The molecule has 2 aliphatic heterocycles. The van der Waals surface area contributed by atoms with E-state index in [1.54, 1.807) is 48.5 Å². The van der Waals surface area contributed by atoms with Crippen LogP contribution in [0.15, 0.2) is 101 Å². The van der Waals surface area contributed by atoms with E-state index >= 15 is 0 Å². The lowest BCUT2D eigenvalue weighted by Gasteiger charge is -2.30. The standard InChI is InChI=1S/C32H32N4O7S2/c1-42-27-12-9-25(10-13-27)34-44(38,39)31-22-26(11-14-30(31)35-17-19-43-20-18-35)33-32(37)24-6-4-7-28(21-24)45(40,41)36-16-15-23-5-2-3-8-29(23)36/h2-14,21-22,34H,15-20H2,1H3,(H,33,37). The van der Waals surface area contributed by atoms with Crippen LogP contribution in [0.5, 0.6) is 5.75 Å². The van der Waals surface area contributed by atoms with Crippen molar-refractivity contribution >= 4 is 48.7 Å². The number of nitrogens with zero attached hydrogens (tertiary/aromatic N) is 2. The maximum absolute atomic E-state index is 13.7. The zero-order chi connectivity index (χ0) is 31.6. The van der Waals surface area contributed by atoms with Crippen molar-refractivity contribution < 1.29 is 31.1 Å². The molecule has 2 heterocycles. The van der Waals surface area contributed by atoms with Gasteiger partial charge in [0.1, 0.15) is 10.6 Å². The zero-order valence-corrected chi connectivity index (χ0v) is 26.1. The van der Waals surface area contributed by atoms with E-state index in [-0.39, 0.29) is 21.0 Å². The lowest BCUT2D eigenvalue weighted by atomic mass is 10.2. The predicted octanol–water partition coefficient (Wildman–Crippen LogP) is 4.34. The Bertz CT molecular complexity index is 1940. The van der Waals surface area contributed by atoms with Gasteiger partial charge in [-0.05, 0) is 78.7 Å². The van der Waals surface area contributed by atoms with Crippen molar-refractivity contribution in [3.8, 4) is 5.75 Å². The summed E-state index contributed by atoms with van der Waals surface area (Å²) in [5.74, 6) is -0.00163. The summed E-state index contributed by atoms with van der Waals surface area (Å²) in [6, 6.07) is 24.3. The van der Waals surface area contributed by atoms with Gasteiger partial charge in [-0.3, -0.25) is 13.8 Å². The average molecular weight is 649 g/mol. The van der Waals surface area contributed by atoms with E-state index in [0.29, 0.717) is 62.1 Å². The number of hydrogen-bond donors (Lipinski definition) is 2. The molecule has 45 heavy (non-hydrogen) atoms. The van der Waals surface area contributed by atoms with Crippen LogP contribution in [-0.2, 0) is 31.2 Å². The largest absolute Gasteiger partial charge is 0.497 e. The zero-order valence-electron chi connectivity index (χ0n) is 24.5. The average Bonchev–Trinajstić information content (AvgIpc) is 3.51. The van der Waals surface area contributed by atoms with Gasteiger partial charge in [-0.1, -0.05) is 24.3 Å². The predicted molar refractivity (Wildman–Crippen MR) is 172 cm³/mol. The molecular formula is C32H32N4O7S2. The first-order valence-corrected chi connectivity index (χ1v) is 17.2. The highest BCUT2D eigenvalue weighted by Crippen LogP contribution is 2.34. The molecule has 1 amide bonds. The number of morpholine rings is 1. The first-order valence-electron chi connectivity index (χ1n) is 14.3. The van der Waals surface area contributed by atoms with Crippen LogP contribution in [0.4, 0.5) is 22.7 Å². The van der Waals surface area contributed by atoms with Gasteiger partial charge in [-0.15, -0.1) is 0 Å². The Balaban J connectivity index is 1.28. The summed E-state index contributed by atoms with van der Waals surface area (Å²) >= 11 is 0. The molecule has 0 radical (unpaired) electrons. The molecule has 2 aliphatic rings. The van der Waals surface area contributed by atoms with Crippen molar-refractivity contribution in [1.82, 2.24) is 0 Å². The number of carbonyl (C=O) groups excluding carboxylic acids is 1. The Morgan fingerprint density at radius 2 is 1.53 bits per heavy atom. The number of methoxy groups -OCH3 is 1. The molecule has 0 aliphatic carbocycles. The quantitative estimate of drug-likeness (QED) is 0.274. The fourth-order valence-electron chi connectivity index (χ4n) is 5.43. The third-order valence-electron chi connectivity index (χ3n) is 7.73. The minimum absolute atomic E-state index is 0.0125. The van der Waals surface area contributed by atoms with E-state index in [1.165, 1.54) is 41.7 Å². The molecule has 6 rings (SSSR count). The number of ether oxygens (including phenoxy) is 2. The third-order valence-corrected chi connectivity index (χ3v) is 10.9. The summed E-state index contributed by atoms with van der Waals surface area (Å²) < 4.78 is 69.1. The molecule has 0 spiro atoms. The van der Waals surface area contributed by atoms with Crippen LogP contribution in [0.2, 0.25) is 0 Å². The van der Waals surface area contributed by atoms with Gasteiger partial charge in [0, 0.05) is 36.6 Å². The molecule has 0 aromatic heterocycles. The highest BCUT2D eigenvalue weighted by atomic mass is 32.2. The number of para-hydroxylation sites is 1. The Morgan fingerprint density at radius 1 is 0.800 bits per heavy atom. The van der Waals surface area contributed by atoms with Crippen molar-refractivity contribution in [3.05, 3.63) is 102 Å². The lowest BCUT2D eigenvalue weighted by molar-refractivity contribution is 0.102. The first-order chi connectivity index (χ1) is 21.7. The minimum Gasteiger partial charge on any atom is -0.497 e. The van der Waals surface area contributed by atoms with Gasteiger partial charge in [-0.2, -0.15) is 0 Å². The molecule has 1 saturated heterocycles. The summed E-state index contributed by atoms with van der Waals surface area (Å²) in [7, 11) is -6.50. The maximum atomic E-state index is 13.7. The second-order valence-electron chi connectivity index (χ2n) is 10.6. The van der Waals surface area contributed by atoms with E-state index in [0.717, 1.165) is 5.56 Å². The van der Waals surface area contributed by atoms with Gasteiger partial charge in [0.2, 0.25) is 0 Å². The molecule has 1 fully saturated rings. The van der Waals surface area contributed by atoms with Crippen LogP contribution in [0.25, 0.3) is 0 Å². The minimum atomic E-state index is -4.11. The maximum Gasteiger partial charge on any atom is 0.264 e. The fourth-order valence-corrected chi connectivity index (χ4v) is 8.29. The Labute approximate surface area is 262 Å². The molecule has 4 aromatic carbocycles. The van der Waals surface area contributed by atoms with Crippen LogP contribution in [-0.4, -0.2) is 62.7 Å². The molecule has 2 N–H and O–H groups in total. The van der Waals surface area contributed by atoms with Gasteiger partial charge < -0.3 is 19.7 Å². The van der Waals surface area contributed by atoms with Gasteiger partial charge >= 0.3 is 0 Å². The van der Waals surface area contributed by atoms with E-state index < -0.39 is 26.0 Å². The summed E-state index contributed by atoms with van der Waals surface area (Å²) in [6.45, 7) is 2.22. The third kappa shape index (κ3) is 6.32. The fraction of sp³-hybridized carbons (Fsp3) is 0.219. The molecule has 13 heteroatoms. The number of carbonyl (C=O) groups is 1. The summed E-state index contributed by atoms with van der Waals surface area (Å²) in [5.41, 5.74) is 2.73. The summed E-state index contributed by atoms with van der Waals surface area (Å²) in [5, 5.41) is 2.74. The Hall–Kier alpha value is -4.59. The molecule has 234 valence electrons. The molecule has 11 nitrogen and oxygen atoms in total. The number of hydrogen-bond acceptors (Lipinski definition) is 8. The first kappa shape index (κ1) is 30.4. The van der Waals surface area contributed by atoms with Crippen molar-refractivity contribution in [2.45, 2.75) is 16.2 Å². The number of rotatable bonds is 9. The number of amides is 1. The van der Waals surface area contributed by atoms with E-state index in [9.17, 15) is 21.6 Å². The molecule has 0 atom stereocenters. The SMILES string of the molecule is COc1ccc(NS(=O)(=O)c2cc(NC(=O)c3cccc(S(=O)(=O)N4CCc5ccccc54)c3)ccc2N2CCOCC2)cc1. The van der Waals surface area contributed by atoms with Gasteiger partial charge in [0.25, 0.3) is 26.0 Å².